The van der Waals surface area contributed by atoms with Gasteiger partial charge in [0.1, 0.15) is 0 Å². The number of carboxylic acid groups (broad SMARTS) is 2. The second kappa shape index (κ2) is 11.2. The number of rotatable bonds is 5. The van der Waals surface area contributed by atoms with Crippen LogP contribution in [0.2, 0.25) is 5.02 Å². The first-order valence-corrected chi connectivity index (χ1v) is 9.51. The maximum absolute atomic E-state index is 10.9. The van der Waals surface area contributed by atoms with Crippen LogP contribution in [0.15, 0.2) is 48.5 Å². The first-order chi connectivity index (χ1) is 14.3. The Bertz CT molecular complexity index is 888. The molecule has 0 radical (unpaired) electrons. The molecule has 0 spiro atoms. The van der Waals surface area contributed by atoms with Crippen molar-refractivity contribution < 1.29 is 24.7 Å². The zero-order valence-corrected chi connectivity index (χ0v) is 16.9. The molecule has 2 aromatic rings. The smallest absolute Gasteiger partial charge is 0.414 e. The van der Waals surface area contributed by atoms with Crippen molar-refractivity contribution in [2.75, 3.05) is 26.2 Å². The standard InChI is InChI=1S/C18H20ClN3O2.C2H2O4/c19-18-7-2-1-5-16(18)14-21-10-8-20(9-11-21)13-15-4-3-6-17(12-15)22(23)24;3-1(4)2(5)6/h1-7,12H,8-11,13-14H2;(H,3,4)(H,5,6). The van der Waals surface area contributed by atoms with E-state index in [0.717, 1.165) is 55.4 Å². The summed E-state index contributed by atoms with van der Waals surface area (Å²) in [6.45, 7) is 5.46. The average Bonchev–Trinajstić information content (AvgIpc) is 2.72. The van der Waals surface area contributed by atoms with Gasteiger partial charge in [-0.15, -0.1) is 0 Å². The fraction of sp³-hybridized carbons (Fsp3) is 0.300. The Balaban J connectivity index is 0.000000469. The molecule has 0 aliphatic carbocycles. The molecule has 3 rings (SSSR count). The number of piperazine rings is 1. The molecule has 0 amide bonds. The van der Waals surface area contributed by atoms with Crippen LogP contribution in [0.1, 0.15) is 11.1 Å². The lowest BCUT2D eigenvalue weighted by molar-refractivity contribution is -0.384. The minimum absolute atomic E-state index is 0.157. The Morgan fingerprint density at radius 2 is 1.50 bits per heavy atom. The predicted octanol–water partition coefficient (Wildman–Crippen LogP) is 2.72. The van der Waals surface area contributed by atoms with Gasteiger partial charge in [0.25, 0.3) is 5.69 Å². The van der Waals surface area contributed by atoms with Crippen molar-refractivity contribution >= 4 is 29.2 Å². The third kappa shape index (κ3) is 7.43. The quantitative estimate of drug-likeness (QED) is 0.417. The van der Waals surface area contributed by atoms with Gasteiger partial charge in [0, 0.05) is 56.4 Å². The van der Waals surface area contributed by atoms with E-state index in [0.29, 0.717) is 0 Å². The summed E-state index contributed by atoms with van der Waals surface area (Å²) in [5.41, 5.74) is 2.31. The molecule has 0 aromatic heterocycles. The van der Waals surface area contributed by atoms with Crippen molar-refractivity contribution in [3.8, 4) is 0 Å². The zero-order valence-electron chi connectivity index (χ0n) is 16.1. The normalized spacial score (nSPS) is 14.4. The maximum atomic E-state index is 10.9. The molecular formula is C20H22ClN3O6. The molecule has 1 heterocycles. The van der Waals surface area contributed by atoms with Crippen LogP contribution in [0.4, 0.5) is 5.69 Å². The van der Waals surface area contributed by atoms with E-state index in [1.807, 2.05) is 24.3 Å². The molecule has 1 aliphatic rings. The average molecular weight is 436 g/mol. The van der Waals surface area contributed by atoms with Crippen LogP contribution in [0, 0.1) is 10.1 Å². The van der Waals surface area contributed by atoms with Gasteiger partial charge in [0.05, 0.1) is 4.92 Å². The third-order valence-electron chi connectivity index (χ3n) is 4.53. The van der Waals surface area contributed by atoms with E-state index < -0.39 is 11.9 Å². The van der Waals surface area contributed by atoms with Crippen molar-refractivity contribution in [2.24, 2.45) is 0 Å². The Morgan fingerprint density at radius 1 is 0.933 bits per heavy atom. The second-order valence-electron chi connectivity index (χ2n) is 6.68. The molecule has 0 atom stereocenters. The first kappa shape index (κ1) is 23.3. The van der Waals surface area contributed by atoms with E-state index >= 15 is 0 Å². The molecule has 0 saturated carbocycles. The van der Waals surface area contributed by atoms with Crippen molar-refractivity contribution in [1.82, 2.24) is 9.80 Å². The van der Waals surface area contributed by atoms with Crippen LogP contribution in [0.3, 0.4) is 0 Å². The maximum Gasteiger partial charge on any atom is 0.414 e. The van der Waals surface area contributed by atoms with Crippen LogP contribution >= 0.6 is 11.6 Å². The molecular weight excluding hydrogens is 414 g/mol. The van der Waals surface area contributed by atoms with Crippen molar-refractivity contribution in [3.63, 3.8) is 0 Å². The molecule has 10 heteroatoms. The van der Waals surface area contributed by atoms with Gasteiger partial charge < -0.3 is 10.2 Å². The number of hydrogen-bond donors (Lipinski definition) is 2. The fourth-order valence-corrected chi connectivity index (χ4v) is 3.20. The molecule has 30 heavy (non-hydrogen) atoms. The van der Waals surface area contributed by atoms with Crippen molar-refractivity contribution in [2.45, 2.75) is 13.1 Å². The summed E-state index contributed by atoms with van der Waals surface area (Å²) in [6.07, 6.45) is 0. The molecule has 1 saturated heterocycles. The number of aliphatic carboxylic acids is 2. The monoisotopic (exact) mass is 435 g/mol. The summed E-state index contributed by atoms with van der Waals surface area (Å²) in [5, 5.41) is 26.5. The van der Waals surface area contributed by atoms with E-state index in [1.165, 1.54) is 6.07 Å². The topological polar surface area (TPSA) is 124 Å². The summed E-state index contributed by atoms with van der Waals surface area (Å²) in [4.78, 5) is 33.5. The van der Waals surface area contributed by atoms with E-state index in [9.17, 15) is 10.1 Å². The van der Waals surface area contributed by atoms with E-state index in [4.69, 9.17) is 31.4 Å². The highest BCUT2D eigenvalue weighted by Gasteiger charge is 2.18. The highest BCUT2D eigenvalue weighted by Crippen LogP contribution is 2.19. The lowest BCUT2D eigenvalue weighted by atomic mass is 10.1. The lowest BCUT2D eigenvalue weighted by Gasteiger charge is -2.34. The second-order valence-corrected chi connectivity index (χ2v) is 7.09. The van der Waals surface area contributed by atoms with Gasteiger partial charge in [0.15, 0.2) is 0 Å². The zero-order chi connectivity index (χ0) is 22.1. The number of hydrogen-bond acceptors (Lipinski definition) is 6. The minimum atomic E-state index is -1.82. The van der Waals surface area contributed by atoms with Gasteiger partial charge in [-0.3, -0.25) is 19.9 Å². The third-order valence-corrected chi connectivity index (χ3v) is 4.90. The van der Waals surface area contributed by atoms with Crippen LogP contribution in [0.5, 0.6) is 0 Å². The van der Waals surface area contributed by atoms with Crippen molar-refractivity contribution in [1.29, 1.82) is 0 Å². The number of nitrogens with zero attached hydrogens (tertiary/aromatic N) is 3. The number of halogens is 1. The molecule has 2 aromatic carbocycles. The van der Waals surface area contributed by atoms with Crippen LogP contribution < -0.4 is 0 Å². The fourth-order valence-electron chi connectivity index (χ4n) is 3.00. The highest BCUT2D eigenvalue weighted by molar-refractivity contribution is 6.31. The number of nitro benzene ring substituents is 1. The predicted molar refractivity (Wildman–Crippen MR) is 110 cm³/mol. The van der Waals surface area contributed by atoms with Gasteiger partial charge in [-0.2, -0.15) is 0 Å². The van der Waals surface area contributed by atoms with Gasteiger partial charge >= 0.3 is 11.9 Å². The van der Waals surface area contributed by atoms with Crippen molar-refractivity contribution in [3.05, 3.63) is 74.8 Å². The minimum Gasteiger partial charge on any atom is -0.473 e. The number of nitro groups is 1. The highest BCUT2D eigenvalue weighted by atomic mass is 35.5. The van der Waals surface area contributed by atoms with Gasteiger partial charge in [-0.25, -0.2) is 9.59 Å². The van der Waals surface area contributed by atoms with Gasteiger partial charge in [-0.1, -0.05) is 41.9 Å². The number of carboxylic acids is 2. The molecule has 0 unspecified atom stereocenters. The molecule has 0 bridgehead atoms. The molecule has 2 N–H and O–H groups in total. The summed E-state index contributed by atoms with van der Waals surface area (Å²) in [7, 11) is 0. The Morgan fingerprint density at radius 3 is 2.03 bits per heavy atom. The van der Waals surface area contributed by atoms with E-state index in [-0.39, 0.29) is 10.6 Å². The molecule has 1 aliphatic heterocycles. The van der Waals surface area contributed by atoms with Crippen LogP contribution in [-0.4, -0.2) is 63.1 Å². The molecule has 9 nitrogen and oxygen atoms in total. The number of non-ortho nitro benzene ring substituents is 1. The summed E-state index contributed by atoms with van der Waals surface area (Å²) in [5.74, 6) is -3.65. The lowest BCUT2D eigenvalue weighted by Crippen LogP contribution is -2.45. The van der Waals surface area contributed by atoms with Crippen LogP contribution in [-0.2, 0) is 22.7 Å². The number of benzene rings is 2. The SMILES string of the molecule is O=C(O)C(=O)O.O=[N+]([O-])c1cccc(CN2CCN(Cc3ccccc3Cl)CC2)c1. The molecule has 1 fully saturated rings. The van der Waals surface area contributed by atoms with Gasteiger partial charge in [-0.05, 0) is 17.2 Å². The Hall–Kier alpha value is -3.01. The first-order valence-electron chi connectivity index (χ1n) is 9.14. The largest absolute Gasteiger partial charge is 0.473 e. The van der Waals surface area contributed by atoms with Crippen LogP contribution in [0.25, 0.3) is 0 Å². The Labute approximate surface area is 178 Å². The van der Waals surface area contributed by atoms with Gasteiger partial charge in [0.2, 0.25) is 0 Å². The molecule has 160 valence electrons. The number of carbonyl (C=O) groups is 2. The summed E-state index contributed by atoms with van der Waals surface area (Å²) >= 11 is 6.23. The van der Waals surface area contributed by atoms with E-state index in [2.05, 4.69) is 15.9 Å². The summed E-state index contributed by atoms with van der Waals surface area (Å²) in [6, 6.07) is 14.8. The Kier molecular flexibility index (Phi) is 8.72. The summed E-state index contributed by atoms with van der Waals surface area (Å²) < 4.78 is 0. The van der Waals surface area contributed by atoms with E-state index in [1.54, 1.807) is 12.1 Å².